The van der Waals surface area contributed by atoms with Gasteiger partial charge < -0.3 is 5.11 Å². The smallest absolute Gasteiger partial charge is 0.389 e. The minimum absolute atomic E-state index is 0.210. The maximum absolute atomic E-state index is 11.9. The second-order valence-corrected chi connectivity index (χ2v) is 7.07. The number of hydrogen-bond acceptors (Lipinski definition) is 2. The lowest BCUT2D eigenvalue weighted by Crippen LogP contribution is -2.17. The van der Waals surface area contributed by atoms with Gasteiger partial charge in [0.1, 0.15) is 0 Å². The van der Waals surface area contributed by atoms with Gasteiger partial charge in [0, 0.05) is 11.7 Å². The molecular weight excluding hydrogens is 301 g/mol. The van der Waals surface area contributed by atoms with Gasteiger partial charge in [-0.25, -0.2) is 0 Å². The summed E-state index contributed by atoms with van der Waals surface area (Å²) in [5.74, 6) is -0.105. The summed E-state index contributed by atoms with van der Waals surface area (Å²) >= 11 is 1.73. The lowest BCUT2D eigenvalue weighted by Gasteiger charge is -2.16. The minimum Gasteiger partial charge on any atom is -0.481 e. The number of rotatable bonds is 12. The van der Waals surface area contributed by atoms with Gasteiger partial charge in [-0.05, 0) is 31.4 Å². The number of carboxylic acids is 1. The van der Waals surface area contributed by atoms with Crippen molar-refractivity contribution in [1.29, 1.82) is 0 Å². The van der Waals surface area contributed by atoms with Gasteiger partial charge in [-0.15, -0.1) is 0 Å². The molecule has 0 aliphatic carbocycles. The number of hydrogen-bond donors (Lipinski definition) is 1. The van der Waals surface area contributed by atoms with E-state index in [1.54, 1.807) is 11.8 Å². The molecule has 21 heavy (non-hydrogen) atoms. The molecule has 0 aromatic carbocycles. The van der Waals surface area contributed by atoms with Gasteiger partial charge in [0.2, 0.25) is 0 Å². The largest absolute Gasteiger partial charge is 0.481 e. The van der Waals surface area contributed by atoms with E-state index in [0.29, 0.717) is 19.3 Å². The first-order valence-corrected chi connectivity index (χ1v) is 8.72. The van der Waals surface area contributed by atoms with Crippen molar-refractivity contribution in [2.24, 2.45) is 5.92 Å². The predicted molar refractivity (Wildman–Crippen MR) is 81.7 cm³/mol. The van der Waals surface area contributed by atoms with Gasteiger partial charge in [-0.1, -0.05) is 33.1 Å². The highest BCUT2D eigenvalue weighted by Gasteiger charge is 2.25. The fourth-order valence-electron chi connectivity index (χ4n) is 2.22. The van der Waals surface area contributed by atoms with Gasteiger partial charge >= 0.3 is 12.1 Å². The number of halogens is 3. The highest BCUT2D eigenvalue weighted by molar-refractivity contribution is 7.99. The van der Waals surface area contributed by atoms with Crippen LogP contribution in [0.1, 0.15) is 65.2 Å². The maximum Gasteiger partial charge on any atom is 0.389 e. The molecule has 2 nitrogen and oxygen atoms in total. The Labute approximate surface area is 129 Å². The van der Waals surface area contributed by atoms with Crippen LogP contribution in [0.4, 0.5) is 13.2 Å². The van der Waals surface area contributed by atoms with E-state index in [1.165, 1.54) is 0 Å². The zero-order chi connectivity index (χ0) is 16.3. The SMILES string of the molecule is CCCC(CC(C)SCCCCCCC(F)(F)F)C(=O)O. The fraction of sp³-hybridized carbons (Fsp3) is 0.933. The van der Waals surface area contributed by atoms with E-state index < -0.39 is 18.6 Å². The Balaban J connectivity index is 3.61. The molecule has 2 unspecified atom stereocenters. The molecule has 1 N–H and O–H groups in total. The number of carbonyl (C=O) groups is 1. The Bertz CT molecular complexity index is 283. The van der Waals surface area contributed by atoms with Crippen LogP contribution in [0, 0.1) is 5.92 Å². The van der Waals surface area contributed by atoms with Crippen LogP contribution in [0.3, 0.4) is 0 Å². The summed E-state index contributed by atoms with van der Waals surface area (Å²) in [5, 5.41) is 9.37. The number of carboxylic acid groups (broad SMARTS) is 1. The van der Waals surface area contributed by atoms with Crippen molar-refractivity contribution in [2.45, 2.75) is 76.6 Å². The zero-order valence-corrected chi connectivity index (χ0v) is 13.7. The monoisotopic (exact) mass is 328 g/mol. The molecule has 0 aromatic heterocycles. The third-order valence-corrected chi connectivity index (χ3v) is 4.65. The highest BCUT2D eigenvalue weighted by atomic mass is 32.2. The van der Waals surface area contributed by atoms with Crippen molar-refractivity contribution in [3.63, 3.8) is 0 Å². The molecule has 0 bridgehead atoms. The molecule has 0 aliphatic rings. The molecule has 0 aliphatic heterocycles. The van der Waals surface area contributed by atoms with Crippen molar-refractivity contribution in [1.82, 2.24) is 0 Å². The molecule has 0 spiro atoms. The summed E-state index contributed by atoms with van der Waals surface area (Å²) in [6.07, 6.45) is 0.0598. The van der Waals surface area contributed by atoms with E-state index in [-0.39, 0.29) is 17.6 Å². The normalized spacial score (nSPS) is 14.9. The first kappa shape index (κ1) is 20.6. The Hall–Kier alpha value is -0.390. The van der Waals surface area contributed by atoms with Gasteiger partial charge in [-0.2, -0.15) is 24.9 Å². The molecule has 0 rings (SSSR count). The number of aliphatic carboxylic acids is 1. The van der Waals surface area contributed by atoms with Crippen molar-refractivity contribution in [3.05, 3.63) is 0 Å². The molecule has 126 valence electrons. The lowest BCUT2D eigenvalue weighted by molar-refractivity contribution is -0.142. The minimum atomic E-state index is -4.03. The van der Waals surface area contributed by atoms with Gasteiger partial charge in [0.25, 0.3) is 0 Å². The first-order chi connectivity index (χ1) is 9.76. The average Bonchev–Trinajstić information content (AvgIpc) is 2.35. The summed E-state index contributed by atoms with van der Waals surface area (Å²) in [4.78, 5) is 11.1. The standard InChI is InChI=1S/C15H27F3O2S/c1-3-8-13(14(19)20)11-12(2)21-10-7-5-4-6-9-15(16,17)18/h12-13H,3-11H2,1-2H3,(H,19,20). The molecule has 0 radical (unpaired) electrons. The summed E-state index contributed by atoms with van der Waals surface area (Å²) in [7, 11) is 0. The second-order valence-electron chi connectivity index (χ2n) is 5.52. The van der Waals surface area contributed by atoms with E-state index in [0.717, 1.165) is 25.0 Å². The third kappa shape index (κ3) is 13.0. The second kappa shape index (κ2) is 11.2. The molecule has 0 aromatic rings. The topological polar surface area (TPSA) is 37.3 Å². The maximum atomic E-state index is 11.9. The Morgan fingerprint density at radius 2 is 1.81 bits per heavy atom. The average molecular weight is 328 g/mol. The summed E-state index contributed by atoms with van der Waals surface area (Å²) in [6.45, 7) is 4.01. The molecule has 6 heteroatoms. The molecular formula is C15H27F3O2S. The lowest BCUT2D eigenvalue weighted by atomic mass is 9.98. The van der Waals surface area contributed by atoms with Crippen LogP contribution in [0.25, 0.3) is 0 Å². The molecule has 0 saturated heterocycles. The highest BCUT2D eigenvalue weighted by Crippen LogP contribution is 2.25. The molecule has 2 atom stereocenters. The van der Waals surface area contributed by atoms with E-state index in [2.05, 4.69) is 0 Å². The van der Waals surface area contributed by atoms with E-state index in [1.807, 2.05) is 13.8 Å². The quantitative estimate of drug-likeness (QED) is 0.480. The van der Waals surface area contributed by atoms with Gasteiger partial charge in [0.15, 0.2) is 0 Å². The van der Waals surface area contributed by atoms with Crippen LogP contribution in [0.5, 0.6) is 0 Å². The molecule has 0 fully saturated rings. The summed E-state index contributed by atoms with van der Waals surface area (Å²) in [6, 6.07) is 0. The van der Waals surface area contributed by atoms with Crippen LogP contribution in [0.2, 0.25) is 0 Å². The van der Waals surface area contributed by atoms with Crippen molar-refractivity contribution >= 4 is 17.7 Å². The van der Waals surface area contributed by atoms with Gasteiger partial charge in [-0.3, -0.25) is 4.79 Å². The number of alkyl halides is 3. The van der Waals surface area contributed by atoms with Crippen molar-refractivity contribution < 1.29 is 23.1 Å². The first-order valence-electron chi connectivity index (χ1n) is 7.67. The van der Waals surface area contributed by atoms with Crippen molar-refractivity contribution in [3.8, 4) is 0 Å². The fourth-order valence-corrected chi connectivity index (χ4v) is 3.37. The van der Waals surface area contributed by atoms with Crippen LogP contribution < -0.4 is 0 Å². The Morgan fingerprint density at radius 3 is 2.33 bits per heavy atom. The molecule has 0 heterocycles. The van der Waals surface area contributed by atoms with E-state index in [9.17, 15) is 18.0 Å². The number of thioether (sulfide) groups is 1. The number of unbranched alkanes of at least 4 members (excludes halogenated alkanes) is 3. The van der Waals surface area contributed by atoms with Crippen LogP contribution in [-0.4, -0.2) is 28.3 Å². The molecule has 0 saturated carbocycles. The van der Waals surface area contributed by atoms with Gasteiger partial charge in [0.05, 0.1) is 5.92 Å². The van der Waals surface area contributed by atoms with E-state index in [4.69, 9.17) is 5.11 Å². The van der Waals surface area contributed by atoms with Crippen LogP contribution in [-0.2, 0) is 4.79 Å². The van der Waals surface area contributed by atoms with Crippen LogP contribution >= 0.6 is 11.8 Å². The predicted octanol–water partition coefficient (Wildman–Crippen LogP) is 5.51. The van der Waals surface area contributed by atoms with Crippen LogP contribution in [0.15, 0.2) is 0 Å². The summed E-state index contributed by atoms with van der Waals surface area (Å²) < 4.78 is 35.8. The Kier molecular flexibility index (Phi) is 11.0. The Morgan fingerprint density at radius 1 is 1.19 bits per heavy atom. The summed E-state index contributed by atoms with van der Waals surface area (Å²) in [5.41, 5.74) is 0. The third-order valence-electron chi connectivity index (χ3n) is 3.36. The van der Waals surface area contributed by atoms with E-state index >= 15 is 0 Å². The van der Waals surface area contributed by atoms with Crippen molar-refractivity contribution in [2.75, 3.05) is 5.75 Å². The zero-order valence-electron chi connectivity index (χ0n) is 12.9. The molecule has 0 amide bonds.